The highest BCUT2D eigenvalue weighted by molar-refractivity contribution is 5.73. The summed E-state index contributed by atoms with van der Waals surface area (Å²) in [5.74, 6) is 0.0473. The molecular weight excluding hydrogens is 216 g/mol. The number of hydrogen-bond acceptors (Lipinski definition) is 3. The minimum Gasteiger partial charge on any atom is -0.480 e. The standard InChI is InChI=1S/C13H26N2O2/c1-9(2)14-12(13(16)17)8-15(10(3)4)7-11-5-6-11/h9-12,14H,5-8H2,1-4H3,(H,16,17). The second kappa shape index (κ2) is 6.36. The van der Waals surface area contributed by atoms with Crippen molar-refractivity contribution in [1.82, 2.24) is 10.2 Å². The molecular formula is C13H26N2O2. The maximum absolute atomic E-state index is 11.2. The second-order valence-corrected chi connectivity index (χ2v) is 5.70. The second-order valence-electron chi connectivity index (χ2n) is 5.70. The molecule has 0 saturated heterocycles. The molecule has 1 rings (SSSR count). The summed E-state index contributed by atoms with van der Waals surface area (Å²) in [5.41, 5.74) is 0. The van der Waals surface area contributed by atoms with E-state index in [0.717, 1.165) is 12.5 Å². The fourth-order valence-corrected chi connectivity index (χ4v) is 1.97. The van der Waals surface area contributed by atoms with Crippen molar-refractivity contribution in [2.75, 3.05) is 13.1 Å². The number of nitrogens with one attached hydrogen (secondary N) is 1. The lowest BCUT2D eigenvalue weighted by atomic mass is 10.2. The number of aliphatic carboxylic acids is 1. The third-order valence-corrected chi connectivity index (χ3v) is 3.17. The Morgan fingerprint density at radius 1 is 1.35 bits per heavy atom. The molecule has 0 heterocycles. The molecule has 0 bridgehead atoms. The number of carboxylic acid groups (broad SMARTS) is 1. The van der Waals surface area contributed by atoms with E-state index in [9.17, 15) is 9.90 Å². The Balaban J connectivity index is 2.50. The van der Waals surface area contributed by atoms with Crippen LogP contribution in [-0.4, -0.2) is 47.2 Å². The van der Waals surface area contributed by atoms with Crippen molar-refractivity contribution < 1.29 is 9.90 Å². The smallest absolute Gasteiger partial charge is 0.322 e. The van der Waals surface area contributed by atoms with Crippen LogP contribution in [0.3, 0.4) is 0 Å². The third-order valence-electron chi connectivity index (χ3n) is 3.17. The van der Waals surface area contributed by atoms with Gasteiger partial charge in [0.15, 0.2) is 0 Å². The Kier molecular flexibility index (Phi) is 5.40. The van der Waals surface area contributed by atoms with Gasteiger partial charge in [0.05, 0.1) is 0 Å². The first-order valence-electron chi connectivity index (χ1n) is 6.63. The highest BCUT2D eigenvalue weighted by atomic mass is 16.4. The molecule has 17 heavy (non-hydrogen) atoms. The lowest BCUT2D eigenvalue weighted by Crippen LogP contribution is -2.50. The van der Waals surface area contributed by atoms with Gasteiger partial charge in [-0.15, -0.1) is 0 Å². The number of hydrogen-bond donors (Lipinski definition) is 2. The van der Waals surface area contributed by atoms with Crippen LogP contribution in [0.4, 0.5) is 0 Å². The van der Waals surface area contributed by atoms with Gasteiger partial charge in [-0.1, -0.05) is 13.8 Å². The summed E-state index contributed by atoms with van der Waals surface area (Å²) in [7, 11) is 0. The molecule has 1 fully saturated rings. The van der Waals surface area contributed by atoms with Gasteiger partial charge in [0.25, 0.3) is 0 Å². The highest BCUT2D eigenvalue weighted by Gasteiger charge is 2.28. The van der Waals surface area contributed by atoms with Crippen LogP contribution in [0.5, 0.6) is 0 Å². The summed E-state index contributed by atoms with van der Waals surface area (Å²) in [4.78, 5) is 13.5. The van der Waals surface area contributed by atoms with E-state index >= 15 is 0 Å². The number of carboxylic acids is 1. The van der Waals surface area contributed by atoms with Crippen molar-refractivity contribution in [3.63, 3.8) is 0 Å². The molecule has 0 radical (unpaired) electrons. The Hall–Kier alpha value is -0.610. The first kappa shape index (κ1) is 14.5. The van der Waals surface area contributed by atoms with Crippen LogP contribution in [0.15, 0.2) is 0 Å². The van der Waals surface area contributed by atoms with Crippen LogP contribution in [-0.2, 0) is 4.79 Å². The molecule has 0 amide bonds. The molecule has 4 nitrogen and oxygen atoms in total. The molecule has 1 unspecified atom stereocenters. The molecule has 1 atom stereocenters. The molecule has 1 saturated carbocycles. The van der Waals surface area contributed by atoms with Crippen molar-refractivity contribution in [2.45, 2.75) is 58.7 Å². The Labute approximate surface area is 104 Å². The van der Waals surface area contributed by atoms with Gasteiger partial charge in [0, 0.05) is 25.2 Å². The predicted molar refractivity (Wildman–Crippen MR) is 69.1 cm³/mol. The van der Waals surface area contributed by atoms with Crippen LogP contribution in [0.1, 0.15) is 40.5 Å². The monoisotopic (exact) mass is 242 g/mol. The van der Waals surface area contributed by atoms with E-state index in [1.165, 1.54) is 12.8 Å². The topological polar surface area (TPSA) is 52.6 Å². The van der Waals surface area contributed by atoms with Crippen LogP contribution >= 0.6 is 0 Å². The molecule has 0 spiro atoms. The molecule has 1 aliphatic rings. The van der Waals surface area contributed by atoms with Gasteiger partial charge >= 0.3 is 5.97 Å². The summed E-state index contributed by atoms with van der Waals surface area (Å²) >= 11 is 0. The fourth-order valence-electron chi connectivity index (χ4n) is 1.97. The lowest BCUT2D eigenvalue weighted by molar-refractivity contribution is -0.140. The van der Waals surface area contributed by atoms with Crippen LogP contribution in [0.2, 0.25) is 0 Å². The Morgan fingerprint density at radius 3 is 2.29 bits per heavy atom. The van der Waals surface area contributed by atoms with E-state index in [1.807, 2.05) is 13.8 Å². The zero-order valence-corrected chi connectivity index (χ0v) is 11.4. The minimum atomic E-state index is -0.750. The van der Waals surface area contributed by atoms with E-state index in [2.05, 4.69) is 24.1 Å². The van der Waals surface area contributed by atoms with Crippen molar-refractivity contribution in [1.29, 1.82) is 0 Å². The molecule has 2 N–H and O–H groups in total. The van der Waals surface area contributed by atoms with Gasteiger partial charge < -0.3 is 10.4 Å². The summed E-state index contributed by atoms with van der Waals surface area (Å²) in [5, 5.41) is 12.3. The van der Waals surface area contributed by atoms with Crippen LogP contribution in [0, 0.1) is 5.92 Å². The van der Waals surface area contributed by atoms with Gasteiger partial charge in [-0.2, -0.15) is 0 Å². The van der Waals surface area contributed by atoms with E-state index in [-0.39, 0.29) is 6.04 Å². The van der Waals surface area contributed by atoms with Crippen molar-refractivity contribution >= 4 is 5.97 Å². The minimum absolute atomic E-state index is 0.200. The highest BCUT2D eigenvalue weighted by Crippen LogP contribution is 2.30. The lowest BCUT2D eigenvalue weighted by Gasteiger charge is -2.30. The average molecular weight is 242 g/mol. The van der Waals surface area contributed by atoms with E-state index < -0.39 is 12.0 Å². The SMILES string of the molecule is CC(C)NC(CN(CC1CC1)C(C)C)C(=O)O. The van der Waals surface area contributed by atoms with Gasteiger partial charge in [-0.3, -0.25) is 9.69 Å². The number of nitrogens with zero attached hydrogens (tertiary/aromatic N) is 1. The van der Waals surface area contributed by atoms with Gasteiger partial charge in [0.1, 0.15) is 6.04 Å². The maximum atomic E-state index is 11.2. The normalized spacial score (nSPS) is 18.1. The zero-order valence-electron chi connectivity index (χ0n) is 11.4. The largest absolute Gasteiger partial charge is 0.480 e. The summed E-state index contributed by atoms with van der Waals surface area (Å²) in [6, 6.07) is 0.147. The van der Waals surface area contributed by atoms with Gasteiger partial charge in [0.2, 0.25) is 0 Å². The van der Waals surface area contributed by atoms with Crippen LogP contribution in [0.25, 0.3) is 0 Å². The molecule has 100 valence electrons. The quantitative estimate of drug-likeness (QED) is 0.678. The first-order chi connectivity index (χ1) is 7.90. The molecule has 4 heteroatoms. The average Bonchev–Trinajstić information content (AvgIpc) is 2.98. The van der Waals surface area contributed by atoms with Gasteiger partial charge in [-0.05, 0) is 32.6 Å². The number of carbonyl (C=O) groups is 1. The van der Waals surface area contributed by atoms with Crippen molar-refractivity contribution in [3.8, 4) is 0 Å². The summed E-state index contributed by atoms with van der Waals surface area (Å²) < 4.78 is 0. The van der Waals surface area contributed by atoms with Crippen molar-refractivity contribution in [2.24, 2.45) is 5.92 Å². The van der Waals surface area contributed by atoms with Crippen LogP contribution < -0.4 is 5.32 Å². The summed E-state index contributed by atoms with van der Waals surface area (Å²) in [6.07, 6.45) is 2.61. The molecule has 0 aromatic carbocycles. The summed E-state index contributed by atoms with van der Waals surface area (Å²) in [6.45, 7) is 9.88. The molecule has 1 aliphatic carbocycles. The molecule has 0 aromatic rings. The van der Waals surface area contributed by atoms with Crippen molar-refractivity contribution in [3.05, 3.63) is 0 Å². The van der Waals surface area contributed by atoms with E-state index in [4.69, 9.17) is 0 Å². The number of rotatable bonds is 8. The Bertz CT molecular complexity index is 250. The van der Waals surface area contributed by atoms with Gasteiger partial charge in [-0.25, -0.2) is 0 Å². The zero-order chi connectivity index (χ0) is 13.0. The first-order valence-corrected chi connectivity index (χ1v) is 6.63. The van der Waals surface area contributed by atoms with E-state index in [1.54, 1.807) is 0 Å². The fraction of sp³-hybridized carbons (Fsp3) is 0.923. The third kappa shape index (κ3) is 5.50. The maximum Gasteiger partial charge on any atom is 0.322 e. The van der Waals surface area contributed by atoms with E-state index in [0.29, 0.717) is 12.6 Å². The molecule has 0 aromatic heterocycles. The predicted octanol–water partition coefficient (Wildman–Crippen LogP) is 1.56. The molecule has 0 aliphatic heterocycles. The Morgan fingerprint density at radius 2 is 1.94 bits per heavy atom.